The number of aromatic nitrogens is 2. The van der Waals surface area contributed by atoms with Crippen LogP contribution in [0.1, 0.15) is 22.8 Å². The molecule has 0 spiro atoms. The van der Waals surface area contributed by atoms with Crippen LogP contribution in [0.15, 0.2) is 43.0 Å². The Bertz CT molecular complexity index is 557. The van der Waals surface area contributed by atoms with Gasteiger partial charge in [-0.3, -0.25) is 14.8 Å². The second kappa shape index (κ2) is 7.23. The molecule has 2 aromatic heterocycles. The maximum Gasteiger partial charge on any atom is 0.253 e. The molecule has 0 aliphatic rings. The van der Waals surface area contributed by atoms with Crippen LogP contribution in [0.4, 0.5) is 5.69 Å². The van der Waals surface area contributed by atoms with E-state index in [1.165, 1.54) is 0 Å². The van der Waals surface area contributed by atoms with Crippen LogP contribution in [0.25, 0.3) is 0 Å². The van der Waals surface area contributed by atoms with Crippen LogP contribution in [-0.4, -0.2) is 29.0 Å². The lowest BCUT2D eigenvalue weighted by atomic mass is 10.2. The van der Waals surface area contributed by atoms with Gasteiger partial charge in [0.1, 0.15) is 0 Å². The number of hydrogen-bond acceptors (Lipinski definition) is 4. The van der Waals surface area contributed by atoms with Crippen molar-refractivity contribution >= 4 is 11.6 Å². The van der Waals surface area contributed by atoms with Crippen LogP contribution in [0.2, 0.25) is 0 Å². The van der Waals surface area contributed by atoms with Gasteiger partial charge in [-0.1, -0.05) is 6.07 Å². The molecule has 0 aliphatic carbocycles. The number of nitrogens with zero attached hydrogens (tertiary/aromatic N) is 2. The van der Waals surface area contributed by atoms with Gasteiger partial charge < -0.3 is 10.6 Å². The number of amides is 1. The summed E-state index contributed by atoms with van der Waals surface area (Å²) in [7, 11) is 0. The number of hydrogen-bond donors (Lipinski definition) is 2. The molecule has 2 rings (SSSR count). The van der Waals surface area contributed by atoms with Crippen molar-refractivity contribution in [2.24, 2.45) is 0 Å². The van der Waals surface area contributed by atoms with Gasteiger partial charge in [0, 0.05) is 31.7 Å². The van der Waals surface area contributed by atoms with E-state index in [4.69, 9.17) is 0 Å². The lowest BCUT2D eigenvalue weighted by Gasteiger charge is -2.10. The van der Waals surface area contributed by atoms with Crippen LogP contribution in [0, 0.1) is 0 Å². The zero-order valence-electron chi connectivity index (χ0n) is 11.5. The predicted molar refractivity (Wildman–Crippen MR) is 78.7 cm³/mol. The molecule has 0 atom stereocenters. The lowest BCUT2D eigenvalue weighted by Crippen LogP contribution is -2.26. The summed E-state index contributed by atoms with van der Waals surface area (Å²) in [6.07, 6.45) is 7.60. The van der Waals surface area contributed by atoms with Gasteiger partial charge in [-0.05, 0) is 31.0 Å². The van der Waals surface area contributed by atoms with Crippen LogP contribution in [0.3, 0.4) is 0 Å². The summed E-state index contributed by atoms with van der Waals surface area (Å²) in [4.78, 5) is 20.2. The number of carbonyl (C=O) groups is 1. The first-order chi connectivity index (χ1) is 9.81. The van der Waals surface area contributed by atoms with Crippen molar-refractivity contribution in [3.05, 3.63) is 54.1 Å². The first-order valence-electron chi connectivity index (χ1n) is 6.66. The van der Waals surface area contributed by atoms with E-state index in [1.54, 1.807) is 24.7 Å². The second-order valence-corrected chi connectivity index (χ2v) is 4.32. The molecular formula is C15H18N4O. The van der Waals surface area contributed by atoms with Gasteiger partial charge in [-0.2, -0.15) is 0 Å². The maximum absolute atomic E-state index is 12.1. The van der Waals surface area contributed by atoms with Crippen molar-refractivity contribution in [3.8, 4) is 0 Å². The number of carbonyl (C=O) groups excluding carboxylic acids is 1. The van der Waals surface area contributed by atoms with E-state index in [1.807, 2.05) is 25.3 Å². The van der Waals surface area contributed by atoms with Crippen LogP contribution in [0.5, 0.6) is 0 Å². The Hall–Kier alpha value is -2.43. The normalized spacial score (nSPS) is 10.1. The minimum atomic E-state index is -0.0905. The molecule has 0 aliphatic heterocycles. The lowest BCUT2D eigenvalue weighted by molar-refractivity contribution is 0.0955. The quantitative estimate of drug-likeness (QED) is 0.841. The van der Waals surface area contributed by atoms with Crippen molar-refractivity contribution in [1.29, 1.82) is 0 Å². The highest BCUT2D eigenvalue weighted by atomic mass is 16.1. The zero-order valence-corrected chi connectivity index (χ0v) is 11.5. The number of pyridine rings is 2. The second-order valence-electron chi connectivity index (χ2n) is 4.32. The molecule has 2 N–H and O–H groups in total. The maximum atomic E-state index is 12.1. The Morgan fingerprint density at radius 1 is 1.20 bits per heavy atom. The molecule has 20 heavy (non-hydrogen) atoms. The summed E-state index contributed by atoms with van der Waals surface area (Å²) in [6.45, 7) is 3.32. The third-order valence-electron chi connectivity index (χ3n) is 2.85. The fraction of sp³-hybridized carbons (Fsp3) is 0.267. The molecule has 0 saturated carbocycles. The van der Waals surface area contributed by atoms with E-state index >= 15 is 0 Å². The van der Waals surface area contributed by atoms with Gasteiger partial charge in [0.15, 0.2) is 0 Å². The van der Waals surface area contributed by atoms with E-state index in [2.05, 4.69) is 20.6 Å². The first-order valence-corrected chi connectivity index (χ1v) is 6.66. The largest absolute Gasteiger partial charge is 0.383 e. The average Bonchev–Trinajstić information content (AvgIpc) is 2.49. The molecule has 0 radical (unpaired) electrons. The van der Waals surface area contributed by atoms with Crippen molar-refractivity contribution in [2.75, 3.05) is 18.4 Å². The Kier molecular flexibility index (Phi) is 5.06. The van der Waals surface area contributed by atoms with E-state index in [0.717, 1.165) is 24.2 Å². The standard InChI is InChI=1S/C15H18N4O/c1-2-18-14-11-17-8-6-13(14)15(20)19-9-5-12-4-3-7-16-10-12/h3-4,6-8,10-11,18H,2,5,9H2,1H3,(H,19,20). The molecule has 0 fully saturated rings. The minimum Gasteiger partial charge on any atom is -0.383 e. The summed E-state index contributed by atoms with van der Waals surface area (Å²) in [6, 6.07) is 5.61. The van der Waals surface area contributed by atoms with Gasteiger partial charge in [-0.25, -0.2) is 0 Å². The van der Waals surface area contributed by atoms with E-state index in [-0.39, 0.29) is 5.91 Å². The highest BCUT2D eigenvalue weighted by Crippen LogP contribution is 2.12. The van der Waals surface area contributed by atoms with Crippen LogP contribution in [-0.2, 0) is 6.42 Å². The molecule has 0 bridgehead atoms. The van der Waals surface area contributed by atoms with Crippen molar-refractivity contribution in [1.82, 2.24) is 15.3 Å². The fourth-order valence-electron chi connectivity index (χ4n) is 1.89. The van der Waals surface area contributed by atoms with E-state index in [0.29, 0.717) is 12.1 Å². The minimum absolute atomic E-state index is 0.0905. The smallest absolute Gasteiger partial charge is 0.253 e. The number of rotatable bonds is 6. The molecule has 5 nitrogen and oxygen atoms in total. The molecule has 2 heterocycles. The molecule has 1 amide bonds. The van der Waals surface area contributed by atoms with Crippen molar-refractivity contribution in [2.45, 2.75) is 13.3 Å². The van der Waals surface area contributed by atoms with E-state index in [9.17, 15) is 4.79 Å². The summed E-state index contributed by atoms with van der Waals surface area (Å²) in [5.41, 5.74) is 2.48. The van der Waals surface area contributed by atoms with Crippen molar-refractivity contribution in [3.63, 3.8) is 0 Å². The van der Waals surface area contributed by atoms with E-state index < -0.39 is 0 Å². The summed E-state index contributed by atoms with van der Waals surface area (Å²) >= 11 is 0. The number of nitrogens with one attached hydrogen (secondary N) is 2. The Labute approximate surface area is 118 Å². The van der Waals surface area contributed by atoms with Crippen LogP contribution >= 0.6 is 0 Å². The monoisotopic (exact) mass is 270 g/mol. The van der Waals surface area contributed by atoms with Gasteiger partial charge in [-0.15, -0.1) is 0 Å². The van der Waals surface area contributed by atoms with Crippen LogP contribution < -0.4 is 10.6 Å². The Morgan fingerprint density at radius 3 is 2.80 bits per heavy atom. The predicted octanol–water partition coefficient (Wildman–Crippen LogP) is 1.88. The molecule has 104 valence electrons. The molecule has 2 aromatic rings. The Morgan fingerprint density at radius 2 is 2.05 bits per heavy atom. The molecule has 5 heteroatoms. The van der Waals surface area contributed by atoms with Gasteiger partial charge in [0.25, 0.3) is 5.91 Å². The van der Waals surface area contributed by atoms with Crippen molar-refractivity contribution < 1.29 is 4.79 Å². The highest BCUT2D eigenvalue weighted by Gasteiger charge is 2.10. The third-order valence-corrected chi connectivity index (χ3v) is 2.85. The molecular weight excluding hydrogens is 252 g/mol. The van der Waals surface area contributed by atoms with Gasteiger partial charge in [0.05, 0.1) is 17.4 Å². The van der Waals surface area contributed by atoms with Gasteiger partial charge >= 0.3 is 0 Å². The molecule has 0 unspecified atom stereocenters. The third kappa shape index (κ3) is 3.78. The molecule has 0 saturated heterocycles. The van der Waals surface area contributed by atoms with Gasteiger partial charge in [0.2, 0.25) is 0 Å². The zero-order chi connectivity index (χ0) is 14.2. The topological polar surface area (TPSA) is 66.9 Å². The highest BCUT2D eigenvalue weighted by molar-refractivity contribution is 5.99. The fourth-order valence-corrected chi connectivity index (χ4v) is 1.89. The molecule has 0 aromatic carbocycles. The Balaban J connectivity index is 1.92. The average molecular weight is 270 g/mol. The summed E-state index contributed by atoms with van der Waals surface area (Å²) in [5, 5.41) is 6.04. The first kappa shape index (κ1) is 14.0. The summed E-state index contributed by atoms with van der Waals surface area (Å²) in [5.74, 6) is -0.0905. The summed E-state index contributed by atoms with van der Waals surface area (Å²) < 4.78 is 0. The SMILES string of the molecule is CCNc1cnccc1C(=O)NCCc1cccnc1. The number of anilines is 1.